The first-order valence-electron chi connectivity index (χ1n) is 4.23. The van der Waals surface area contributed by atoms with Crippen molar-refractivity contribution in [2.75, 3.05) is 27.9 Å². The van der Waals surface area contributed by atoms with Gasteiger partial charge < -0.3 is 19.0 Å². The summed E-state index contributed by atoms with van der Waals surface area (Å²) in [6.07, 6.45) is -1.03. The summed E-state index contributed by atoms with van der Waals surface area (Å²) >= 11 is 0. The minimum atomic E-state index is -1.70. The lowest BCUT2D eigenvalue weighted by molar-refractivity contribution is -0.166. The number of nitrogens with zero attached hydrogens (tertiary/aromatic N) is 1. The molecule has 1 fully saturated rings. The van der Waals surface area contributed by atoms with Crippen LogP contribution in [-0.4, -0.2) is 56.6 Å². The fourth-order valence-electron chi connectivity index (χ4n) is 1.16. The molecule has 0 N–H and O–H groups in total. The van der Waals surface area contributed by atoms with Crippen LogP contribution in [0.3, 0.4) is 0 Å². The van der Waals surface area contributed by atoms with Gasteiger partial charge in [-0.25, -0.2) is 14.4 Å². The first kappa shape index (κ1) is 12.2. The number of hydrogen-bond acceptors (Lipinski definition) is 8. The molecule has 1 rings (SSSR count). The van der Waals surface area contributed by atoms with Crippen molar-refractivity contribution in [1.29, 1.82) is 0 Å². The largest absolute Gasteiger partial charge is 0.527 e. The van der Waals surface area contributed by atoms with E-state index in [4.69, 9.17) is 0 Å². The van der Waals surface area contributed by atoms with Gasteiger partial charge in [0.1, 0.15) is 0 Å². The molecule has 0 aromatic carbocycles. The maximum atomic E-state index is 11.4. The zero-order valence-electron chi connectivity index (χ0n) is 9.01. The predicted octanol–water partition coefficient (Wildman–Crippen LogP) is -0.915. The fraction of sp³-hybridized carbons (Fsp3) is 0.625. The van der Waals surface area contributed by atoms with E-state index in [1.165, 1.54) is 0 Å². The molecule has 8 heteroatoms. The van der Waals surface area contributed by atoms with Crippen molar-refractivity contribution < 1.29 is 33.4 Å². The summed E-state index contributed by atoms with van der Waals surface area (Å²) in [6, 6.07) is 0. The molecule has 1 atom stereocenters. The van der Waals surface area contributed by atoms with E-state index < -0.39 is 23.6 Å². The predicted molar refractivity (Wildman–Crippen MR) is 47.0 cm³/mol. The minimum Gasteiger partial charge on any atom is -0.467 e. The number of methoxy groups -OCH3 is 3. The number of hydrogen-bond donors (Lipinski definition) is 0. The Balaban J connectivity index is 2.76. The van der Waals surface area contributed by atoms with Gasteiger partial charge >= 0.3 is 18.1 Å². The summed E-state index contributed by atoms with van der Waals surface area (Å²) in [6.45, 7) is -0.124. The van der Waals surface area contributed by atoms with Crippen LogP contribution < -0.4 is 0 Å². The molecule has 0 spiro atoms. The van der Waals surface area contributed by atoms with Crippen molar-refractivity contribution in [3.63, 3.8) is 0 Å². The van der Waals surface area contributed by atoms with E-state index in [9.17, 15) is 14.4 Å². The first-order chi connectivity index (χ1) is 7.52. The van der Waals surface area contributed by atoms with Crippen molar-refractivity contribution in [3.8, 4) is 0 Å². The fourth-order valence-corrected chi connectivity index (χ4v) is 1.16. The third kappa shape index (κ3) is 1.78. The number of ether oxygens (including phenoxy) is 3. The molecule has 90 valence electrons. The maximum Gasteiger partial charge on any atom is 0.527 e. The highest BCUT2D eigenvalue weighted by molar-refractivity contribution is 6.08. The third-order valence-corrected chi connectivity index (χ3v) is 2.09. The van der Waals surface area contributed by atoms with Crippen LogP contribution in [0.1, 0.15) is 0 Å². The highest BCUT2D eigenvalue weighted by Gasteiger charge is 2.70. The Bertz CT molecular complexity index is 310. The van der Waals surface area contributed by atoms with Gasteiger partial charge in [0.2, 0.25) is 0 Å². The SMILES string of the molecule is COC(=O)ON1CC1(C(=O)OC)C(=O)OC. The lowest BCUT2D eigenvalue weighted by Gasteiger charge is -2.11. The second kappa shape index (κ2) is 4.35. The van der Waals surface area contributed by atoms with E-state index in [1.54, 1.807) is 0 Å². The van der Waals surface area contributed by atoms with Gasteiger partial charge in [-0.05, 0) is 0 Å². The standard InChI is InChI=1S/C8H11NO7/c1-13-5(10)8(6(11)14-2)4-9(8)16-7(12)15-3/h4H2,1-3H3. The molecular formula is C8H11NO7. The van der Waals surface area contributed by atoms with Crippen LogP contribution >= 0.6 is 0 Å². The number of carbonyl (C=O) groups is 3. The van der Waals surface area contributed by atoms with Crippen LogP contribution in [0.25, 0.3) is 0 Å². The number of hydroxylamine groups is 2. The van der Waals surface area contributed by atoms with Crippen LogP contribution in [0.2, 0.25) is 0 Å². The Morgan fingerprint density at radius 2 is 1.50 bits per heavy atom. The molecule has 1 heterocycles. The van der Waals surface area contributed by atoms with Gasteiger partial charge in [0.15, 0.2) is 0 Å². The molecule has 0 saturated carbocycles. The molecule has 1 aliphatic heterocycles. The second-order valence-electron chi connectivity index (χ2n) is 2.93. The smallest absolute Gasteiger partial charge is 0.467 e. The lowest BCUT2D eigenvalue weighted by Crippen LogP contribution is -2.40. The Morgan fingerprint density at radius 1 is 1.00 bits per heavy atom. The van der Waals surface area contributed by atoms with E-state index in [2.05, 4.69) is 19.0 Å². The average Bonchev–Trinajstić information content (AvgIpc) is 3.02. The summed E-state index contributed by atoms with van der Waals surface area (Å²) in [5.74, 6) is -1.72. The summed E-state index contributed by atoms with van der Waals surface area (Å²) in [5.41, 5.74) is -1.70. The minimum absolute atomic E-state index is 0.124. The number of esters is 2. The van der Waals surface area contributed by atoms with Gasteiger partial charge in [-0.2, -0.15) is 0 Å². The Kier molecular flexibility index (Phi) is 3.33. The average molecular weight is 233 g/mol. The van der Waals surface area contributed by atoms with Gasteiger partial charge in [-0.3, -0.25) is 0 Å². The molecule has 0 aromatic heterocycles. The Hall–Kier alpha value is -1.83. The van der Waals surface area contributed by atoms with Gasteiger partial charge in [0, 0.05) is 0 Å². The van der Waals surface area contributed by atoms with Crippen LogP contribution in [0.15, 0.2) is 0 Å². The summed E-state index contributed by atoms with van der Waals surface area (Å²) < 4.78 is 13.1. The first-order valence-corrected chi connectivity index (χ1v) is 4.23. The molecule has 0 aromatic rings. The maximum absolute atomic E-state index is 11.4. The molecule has 0 amide bonds. The topological polar surface area (TPSA) is 91.1 Å². The molecular weight excluding hydrogens is 222 g/mol. The van der Waals surface area contributed by atoms with E-state index in [1.807, 2.05) is 0 Å². The zero-order valence-corrected chi connectivity index (χ0v) is 9.01. The number of rotatable bonds is 3. The van der Waals surface area contributed by atoms with Gasteiger partial charge in [0.25, 0.3) is 5.54 Å². The second-order valence-corrected chi connectivity index (χ2v) is 2.93. The van der Waals surface area contributed by atoms with Crippen LogP contribution in [0.5, 0.6) is 0 Å². The van der Waals surface area contributed by atoms with Crippen LogP contribution in [0, 0.1) is 0 Å². The monoisotopic (exact) mass is 233 g/mol. The summed E-state index contributed by atoms with van der Waals surface area (Å²) in [5, 5.41) is 0.830. The Labute approximate surface area is 90.9 Å². The molecule has 0 aliphatic carbocycles. The molecule has 1 unspecified atom stereocenters. The van der Waals surface area contributed by atoms with E-state index in [-0.39, 0.29) is 6.54 Å². The van der Waals surface area contributed by atoms with Crippen molar-refractivity contribution in [3.05, 3.63) is 0 Å². The lowest BCUT2D eigenvalue weighted by atomic mass is 10.1. The highest BCUT2D eigenvalue weighted by atomic mass is 16.8. The van der Waals surface area contributed by atoms with Gasteiger partial charge in [-0.15, -0.1) is 5.06 Å². The molecule has 0 bridgehead atoms. The Morgan fingerprint density at radius 3 is 1.88 bits per heavy atom. The quantitative estimate of drug-likeness (QED) is 0.267. The van der Waals surface area contributed by atoms with Crippen molar-refractivity contribution in [1.82, 2.24) is 5.06 Å². The van der Waals surface area contributed by atoms with E-state index >= 15 is 0 Å². The molecule has 0 radical (unpaired) electrons. The summed E-state index contributed by atoms with van der Waals surface area (Å²) in [4.78, 5) is 38.1. The molecule has 8 nitrogen and oxygen atoms in total. The van der Waals surface area contributed by atoms with Gasteiger partial charge in [0.05, 0.1) is 27.9 Å². The zero-order chi connectivity index (χ0) is 12.3. The van der Waals surface area contributed by atoms with Gasteiger partial charge in [-0.1, -0.05) is 0 Å². The van der Waals surface area contributed by atoms with Crippen LogP contribution in [0.4, 0.5) is 4.79 Å². The number of carbonyl (C=O) groups excluding carboxylic acids is 3. The third-order valence-electron chi connectivity index (χ3n) is 2.09. The van der Waals surface area contributed by atoms with Crippen molar-refractivity contribution in [2.24, 2.45) is 0 Å². The summed E-state index contributed by atoms with van der Waals surface area (Å²) in [7, 11) is 3.33. The molecule has 16 heavy (non-hydrogen) atoms. The van der Waals surface area contributed by atoms with Crippen molar-refractivity contribution in [2.45, 2.75) is 5.54 Å². The van der Waals surface area contributed by atoms with Crippen LogP contribution in [-0.2, 0) is 28.6 Å². The normalized spacial score (nSPS) is 20.6. The van der Waals surface area contributed by atoms with E-state index in [0.29, 0.717) is 0 Å². The van der Waals surface area contributed by atoms with E-state index in [0.717, 1.165) is 26.4 Å². The molecule has 1 saturated heterocycles. The van der Waals surface area contributed by atoms with Crippen molar-refractivity contribution >= 4 is 18.1 Å². The molecule has 1 aliphatic rings. The highest BCUT2D eigenvalue weighted by Crippen LogP contribution is 2.35.